The second kappa shape index (κ2) is 10.4. The van der Waals surface area contributed by atoms with Crippen LogP contribution in [0.3, 0.4) is 0 Å². The molecule has 8 heteroatoms. The smallest absolute Gasteiger partial charge is 0.193 e. The van der Waals surface area contributed by atoms with Crippen LogP contribution in [0.4, 0.5) is 8.78 Å². The molecule has 2 aromatic carbocycles. The number of hydrogen-bond donors (Lipinski definition) is 0. The summed E-state index contributed by atoms with van der Waals surface area (Å²) in [6.45, 7) is -0.251. The number of hydrogen-bond acceptors (Lipinski definition) is 6. The van der Waals surface area contributed by atoms with Gasteiger partial charge in [0.05, 0.1) is 7.11 Å². The first-order valence-corrected chi connectivity index (χ1v) is 8.13. The van der Waals surface area contributed by atoms with E-state index >= 15 is 0 Å². The summed E-state index contributed by atoms with van der Waals surface area (Å²) in [6, 6.07) is 5.93. The summed E-state index contributed by atoms with van der Waals surface area (Å²) < 4.78 is 53.0. The first-order valence-electron chi connectivity index (χ1n) is 8.13. The number of ether oxygens (including phenoxy) is 5. The van der Waals surface area contributed by atoms with Gasteiger partial charge in [-0.2, -0.15) is 0 Å². The molecule has 0 aliphatic carbocycles. The minimum Gasteiger partial charge on any atom is -0.496 e. The Hall–Kier alpha value is -2.97. The molecule has 0 saturated carbocycles. The van der Waals surface area contributed by atoms with Crippen LogP contribution in [-0.2, 0) is 9.47 Å². The van der Waals surface area contributed by atoms with E-state index in [1.807, 2.05) is 0 Å². The van der Waals surface area contributed by atoms with Crippen molar-refractivity contribution in [3.63, 3.8) is 0 Å². The maximum Gasteiger partial charge on any atom is 0.193 e. The van der Waals surface area contributed by atoms with Crippen LogP contribution in [-0.4, -0.2) is 40.7 Å². The number of halogens is 2. The van der Waals surface area contributed by atoms with Crippen LogP contribution < -0.4 is 14.2 Å². The Balaban J connectivity index is 2.45. The van der Waals surface area contributed by atoms with Crippen molar-refractivity contribution in [2.45, 2.75) is 0 Å². The SMILES string of the molecule is COCOc1cc(OC)cc(OCOC)c1C(=O)/C=C/c1cc(F)ccc1F. The molecule has 0 aromatic heterocycles. The Labute approximate surface area is 161 Å². The van der Waals surface area contributed by atoms with Crippen LogP contribution in [0.2, 0.25) is 0 Å². The van der Waals surface area contributed by atoms with E-state index in [1.165, 1.54) is 39.5 Å². The van der Waals surface area contributed by atoms with Crippen molar-refractivity contribution in [1.82, 2.24) is 0 Å². The first-order chi connectivity index (χ1) is 13.5. The summed E-state index contributed by atoms with van der Waals surface area (Å²) in [5, 5.41) is 0. The number of carbonyl (C=O) groups is 1. The van der Waals surface area contributed by atoms with Gasteiger partial charge in [0.15, 0.2) is 19.4 Å². The maximum absolute atomic E-state index is 13.8. The van der Waals surface area contributed by atoms with Crippen molar-refractivity contribution in [3.05, 3.63) is 59.2 Å². The van der Waals surface area contributed by atoms with E-state index < -0.39 is 17.4 Å². The minimum atomic E-state index is -0.660. The molecule has 0 amide bonds. The number of rotatable bonds is 10. The predicted molar refractivity (Wildman–Crippen MR) is 97.7 cm³/mol. The quantitative estimate of drug-likeness (QED) is 0.347. The van der Waals surface area contributed by atoms with Gasteiger partial charge in [-0.3, -0.25) is 4.79 Å². The van der Waals surface area contributed by atoms with Crippen LogP contribution >= 0.6 is 0 Å². The van der Waals surface area contributed by atoms with Gasteiger partial charge in [-0.05, 0) is 30.4 Å². The molecule has 6 nitrogen and oxygen atoms in total. The molecule has 0 bridgehead atoms. The van der Waals surface area contributed by atoms with E-state index in [-0.39, 0.29) is 36.2 Å². The lowest BCUT2D eigenvalue weighted by Gasteiger charge is -2.15. The zero-order valence-electron chi connectivity index (χ0n) is 15.7. The van der Waals surface area contributed by atoms with Crippen molar-refractivity contribution in [2.24, 2.45) is 0 Å². The van der Waals surface area contributed by atoms with Gasteiger partial charge in [0.1, 0.15) is 34.4 Å². The van der Waals surface area contributed by atoms with Crippen LogP contribution in [0.25, 0.3) is 6.08 Å². The number of ketones is 1. The first kappa shape index (κ1) is 21.3. The summed E-state index contributed by atoms with van der Waals surface area (Å²) in [4.78, 5) is 12.8. The fraction of sp³-hybridized carbons (Fsp3) is 0.250. The second-order valence-electron chi connectivity index (χ2n) is 5.46. The molecule has 0 N–H and O–H groups in total. The molecular weight excluding hydrogens is 374 g/mol. The summed E-state index contributed by atoms with van der Waals surface area (Å²) in [6.07, 6.45) is 2.27. The highest BCUT2D eigenvalue weighted by Gasteiger charge is 2.20. The molecular formula is C20H20F2O6. The lowest BCUT2D eigenvalue weighted by atomic mass is 10.1. The van der Waals surface area contributed by atoms with E-state index in [1.54, 1.807) is 0 Å². The van der Waals surface area contributed by atoms with E-state index in [9.17, 15) is 13.6 Å². The molecule has 0 atom stereocenters. The molecule has 0 unspecified atom stereocenters. The van der Waals surface area contributed by atoms with Crippen molar-refractivity contribution < 1.29 is 37.3 Å². The van der Waals surface area contributed by atoms with E-state index in [0.717, 1.165) is 24.3 Å². The van der Waals surface area contributed by atoms with Gasteiger partial charge < -0.3 is 23.7 Å². The molecule has 0 radical (unpaired) electrons. The van der Waals surface area contributed by atoms with Crippen molar-refractivity contribution >= 4 is 11.9 Å². The van der Waals surface area contributed by atoms with Crippen LogP contribution in [0.5, 0.6) is 17.2 Å². The van der Waals surface area contributed by atoms with Gasteiger partial charge in [-0.25, -0.2) is 8.78 Å². The Morgan fingerprint density at radius 2 is 1.57 bits per heavy atom. The van der Waals surface area contributed by atoms with E-state index in [0.29, 0.717) is 5.75 Å². The Morgan fingerprint density at radius 3 is 2.11 bits per heavy atom. The molecule has 0 fully saturated rings. The normalized spacial score (nSPS) is 10.9. The van der Waals surface area contributed by atoms with Crippen molar-refractivity contribution in [1.29, 1.82) is 0 Å². The molecule has 0 aliphatic heterocycles. The fourth-order valence-corrected chi connectivity index (χ4v) is 2.29. The van der Waals surface area contributed by atoms with Crippen LogP contribution in [0.15, 0.2) is 36.4 Å². The lowest BCUT2D eigenvalue weighted by molar-refractivity contribution is 0.0444. The number of benzene rings is 2. The van der Waals surface area contributed by atoms with E-state index in [2.05, 4.69) is 0 Å². The Kier molecular flexibility index (Phi) is 7.91. The molecule has 0 heterocycles. The second-order valence-corrected chi connectivity index (χ2v) is 5.46. The van der Waals surface area contributed by atoms with E-state index in [4.69, 9.17) is 23.7 Å². The zero-order chi connectivity index (χ0) is 20.5. The van der Waals surface area contributed by atoms with Crippen molar-refractivity contribution in [2.75, 3.05) is 34.9 Å². The number of methoxy groups -OCH3 is 3. The standard InChI is InChI=1S/C20H20F2O6/c1-24-11-27-18-9-15(26-3)10-19(28-12-25-2)20(18)17(23)7-4-13-8-14(21)5-6-16(13)22/h4-10H,11-12H2,1-3H3/b7-4+. The van der Waals surface area contributed by atoms with Gasteiger partial charge in [-0.15, -0.1) is 0 Å². The number of allylic oxidation sites excluding steroid dienone is 1. The fourth-order valence-electron chi connectivity index (χ4n) is 2.29. The number of carbonyl (C=O) groups excluding carboxylic acids is 1. The molecule has 28 heavy (non-hydrogen) atoms. The maximum atomic E-state index is 13.8. The molecule has 2 rings (SSSR count). The molecule has 0 saturated heterocycles. The van der Waals surface area contributed by atoms with Gasteiger partial charge in [-0.1, -0.05) is 0 Å². The molecule has 150 valence electrons. The van der Waals surface area contributed by atoms with Gasteiger partial charge in [0.2, 0.25) is 0 Å². The third kappa shape index (κ3) is 5.51. The van der Waals surface area contributed by atoms with Gasteiger partial charge in [0, 0.05) is 31.9 Å². The Bertz CT molecular complexity index is 822. The lowest BCUT2D eigenvalue weighted by Crippen LogP contribution is -2.09. The van der Waals surface area contributed by atoms with Crippen LogP contribution in [0, 0.1) is 11.6 Å². The van der Waals surface area contributed by atoms with Crippen molar-refractivity contribution in [3.8, 4) is 17.2 Å². The Morgan fingerprint density at radius 1 is 0.964 bits per heavy atom. The zero-order valence-corrected chi connectivity index (χ0v) is 15.7. The van der Waals surface area contributed by atoms with Gasteiger partial charge >= 0.3 is 0 Å². The monoisotopic (exact) mass is 394 g/mol. The summed E-state index contributed by atoms with van der Waals surface area (Å²) in [5.74, 6) is -1.17. The molecule has 0 spiro atoms. The summed E-state index contributed by atoms with van der Waals surface area (Å²) in [5.41, 5.74) is -0.0106. The highest BCUT2D eigenvalue weighted by atomic mass is 19.1. The molecule has 0 aliphatic rings. The van der Waals surface area contributed by atoms with Crippen LogP contribution in [0.1, 0.15) is 15.9 Å². The average Bonchev–Trinajstić information content (AvgIpc) is 2.70. The minimum absolute atomic E-state index is 0.0583. The topological polar surface area (TPSA) is 63.2 Å². The summed E-state index contributed by atoms with van der Waals surface area (Å²) >= 11 is 0. The third-order valence-corrected chi connectivity index (χ3v) is 3.56. The van der Waals surface area contributed by atoms with Gasteiger partial charge in [0.25, 0.3) is 0 Å². The largest absolute Gasteiger partial charge is 0.496 e. The molecule has 2 aromatic rings. The highest BCUT2D eigenvalue weighted by Crippen LogP contribution is 2.35. The third-order valence-electron chi connectivity index (χ3n) is 3.56. The predicted octanol–water partition coefficient (Wildman–Crippen LogP) is 3.83. The summed E-state index contributed by atoms with van der Waals surface area (Å²) in [7, 11) is 4.30. The highest BCUT2D eigenvalue weighted by molar-refractivity contribution is 6.10. The average molecular weight is 394 g/mol.